The van der Waals surface area contributed by atoms with E-state index in [-0.39, 0.29) is 23.0 Å². The first kappa shape index (κ1) is 16.7. The molecule has 0 saturated heterocycles. The van der Waals surface area contributed by atoms with Gasteiger partial charge < -0.3 is 0 Å². The lowest BCUT2D eigenvalue weighted by Crippen LogP contribution is -2.12. The van der Waals surface area contributed by atoms with Gasteiger partial charge in [0.05, 0.1) is 17.5 Å². The second-order valence-corrected chi connectivity index (χ2v) is 5.17. The topological polar surface area (TPSA) is 70.1 Å². The average Bonchev–Trinajstić information content (AvgIpc) is 2.46. The summed E-state index contributed by atoms with van der Waals surface area (Å²) in [6.45, 7) is 3.77. The lowest BCUT2D eigenvalue weighted by molar-refractivity contribution is -0.137. The van der Waals surface area contributed by atoms with Crippen LogP contribution in [0, 0.1) is 0 Å². The molecular formula is C15H15F3N4O. The molecule has 1 aromatic heterocycles. The highest BCUT2D eigenvalue weighted by Gasteiger charge is 2.30. The fraction of sp³-hybridized carbons (Fsp3) is 0.267. The SMILES string of the molecule is CC(C)c1cc(=O)[nH]c(N/N=C\c2cccc(C(F)(F)F)c2)n1. The monoisotopic (exact) mass is 324 g/mol. The Morgan fingerprint density at radius 3 is 2.70 bits per heavy atom. The molecule has 0 bridgehead atoms. The van der Waals surface area contributed by atoms with Crippen LogP contribution >= 0.6 is 0 Å². The number of nitrogens with one attached hydrogen (secondary N) is 2. The molecule has 1 heterocycles. The van der Waals surface area contributed by atoms with E-state index in [0.29, 0.717) is 5.69 Å². The number of aromatic nitrogens is 2. The minimum atomic E-state index is -4.41. The Bertz CT molecular complexity index is 766. The van der Waals surface area contributed by atoms with E-state index in [9.17, 15) is 18.0 Å². The van der Waals surface area contributed by atoms with Crippen LogP contribution < -0.4 is 11.0 Å². The molecule has 5 nitrogen and oxygen atoms in total. The molecule has 0 spiro atoms. The summed E-state index contributed by atoms with van der Waals surface area (Å²) in [5.41, 5.74) is 2.28. The van der Waals surface area contributed by atoms with Crippen molar-refractivity contribution in [3.63, 3.8) is 0 Å². The number of rotatable bonds is 4. The van der Waals surface area contributed by atoms with Gasteiger partial charge in [-0.05, 0) is 23.6 Å². The zero-order chi connectivity index (χ0) is 17.0. The fourth-order valence-electron chi connectivity index (χ4n) is 1.79. The molecule has 0 saturated carbocycles. The predicted molar refractivity (Wildman–Crippen MR) is 81.6 cm³/mol. The molecule has 0 atom stereocenters. The number of anilines is 1. The molecule has 2 aromatic rings. The molecule has 1 aromatic carbocycles. The second kappa shape index (κ2) is 6.64. The third-order valence-corrected chi connectivity index (χ3v) is 2.95. The Morgan fingerprint density at radius 2 is 2.04 bits per heavy atom. The van der Waals surface area contributed by atoms with Gasteiger partial charge >= 0.3 is 6.18 Å². The van der Waals surface area contributed by atoms with Crippen LogP contribution in [0.3, 0.4) is 0 Å². The summed E-state index contributed by atoms with van der Waals surface area (Å²) in [5, 5.41) is 3.80. The van der Waals surface area contributed by atoms with Crippen LogP contribution in [0.4, 0.5) is 19.1 Å². The van der Waals surface area contributed by atoms with Crippen LogP contribution in [-0.4, -0.2) is 16.2 Å². The van der Waals surface area contributed by atoms with E-state index in [1.165, 1.54) is 24.4 Å². The normalized spacial score (nSPS) is 12.1. The first-order valence-corrected chi connectivity index (χ1v) is 6.83. The van der Waals surface area contributed by atoms with Crippen LogP contribution in [0.2, 0.25) is 0 Å². The standard InChI is InChI=1S/C15H15F3N4O/c1-9(2)12-7-13(23)21-14(20-12)22-19-8-10-4-3-5-11(6-10)15(16,17)18/h3-9H,1-2H3,(H2,20,21,22,23)/b19-8-. The number of hydrogen-bond donors (Lipinski definition) is 2. The third-order valence-electron chi connectivity index (χ3n) is 2.95. The van der Waals surface area contributed by atoms with Gasteiger partial charge in [-0.25, -0.2) is 10.4 Å². The second-order valence-electron chi connectivity index (χ2n) is 5.17. The fourth-order valence-corrected chi connectivity index (χ4v) is 1.79. The molecule has 2 N–H and O–H groups in total. The molecule has 0 aliphatic carbocycles. The first-order chi connectivity index (χ1) is 10.8. The van der Waals surface area contributed by atoms with Crippen molar-refractivity contribution in [3.05, 3.63) is 57.5 Å². The maximum Gasteiger partial charge on any atom is 0.416 e. The average molecular weight is 324 g/mol. The number of alkyl halides is 3. The van der Waals surface area contributed by atoms with E-state index in [4.69, 9.17) is 0 Å². The Hall–Kier alpha value is -2.64. The number of H-pyrrole nitrogens is 1. The van der Waals surface area contributed by atoms with Crippen molar-refractivity contribution in [2.75, 3.05) is 5.43 Å². The van der Waals surface area contributed by atoms with Crippen LogP contribution in [-0.2, 0) is 6.18 Å². The summed E-state index contributed by atoms with van der Waals surface area (Å²) in [6, 6.07) is 6.12. The zero-order valence-corrected chi connectivity index (χ0v) is 12.5. The highest BCUT2D eigenvalue weighted by Crippen LogP contribution is 2.29. The summed E-state index contributed by atoms with van der Waals surface area (Å²) in [7, 11) is 0. The summed E-state index contributed by atoms with van der Waals surface area (Å²) in [6.07, 6.45) is -3.19. The predicted octanol–water partition coefficient (Wildman–Crippen LogP) is 3.36. The van der Waals surface area contributed by atoms with Crippen molar-refractivity contribution in [1.82, 2.24) is 9.97 Å². The molecule has 122 valence electrons. The molecule has 0 amide bonds. The lowest BCUT2D eigenvalue weighted by Gasteiger charge is -2.07. The number of benzene rings is 1. The van der Waals surface area contributed by atoms with Gasteiger partial charge in [0.1, 0.15) is 0 Å². The van der Waals surface area contributed by atoms with Crippen LogP contribution in [0.5, 0.6) is 0 Å². The Labute approximate surface area is 130 Å². The highest BCUT2D eigenvalue weighted by atomic mass is 19.4. The largest absolute Gasteiger partial charge is 0.416 e. The van der Waals surface area contributed by atoms with E-state index < -0.39 is 11.7 Å². The van der Waals surface area contributed by atoms with E-state index in [1.54, 1.807) is 0 Å². The van der Waals surface area contributed by atoms with E-state index in [2.05, 4.69) is 20.5 Å². The van der Waals surface area contributed by atoms with Gasteiger partial charge in [0, 0.05) is 6.07 Å². The summed E-state index contributed by atoms with van der Waals surface area (Å²) in [5.74, 6) is 0.190. The minimum absolute atomic E-state index is 0.0605. The van der Waals surface area contributed by atoms with Crippen molar-refractivity contribution in [1.29, 1.82) is 0 Å². The molecule has 0 aliphatic heterocycles. The van der Waals surface area contributed by atoms with Crippen LogP contribution in [0.25, 0.3) is 0 Å². The van der Waals surface area contributed by atoms with Gasteiger partial charge in [-0.2, -0.15) is 18.3 Å². The van der Waals surface area contributed by atoms with Gasteiger partial charge in [-0.1, -0.05) is 26.0 Å². The molecule has 23 heavy (non-hydrogen) atoms. The molecular weight excluding hydrogens is 309 g/mol. The van der Waals surface area contributed by atoms with Crippen molar-refractivity contribution in [2.24, 2.45) is 5.10 Å². The lowest BCUT2D eigenvalue weighted by atomic mass is 10.1. The number of hydrazone groups is 1. The van der Waals surface area contributed by atoms with Gasteiger partial charge in [-0.3, -0.25) is 9.78 Å². The van der Waals surface area contributed by atoms with Crippen LogP contribution in [0.15, 0.2) is 40.2 Å². The Balaban J connectivity index is 2.15. The molecule has 0 fully saturated rings. The molecule has 2 rings (SSSR count). The maximum atomic E-state index is 12.6. The quantitative estimate of drug-likeness (QED) is 0.669. The van der Waals surface area contributed by atoms with E-state index in [1.807, 2.05) is 13.8 Å². The molecule has 0 unspecified atom stereocenters. The Morgan fingerprint density at radius 1 is 1.30 bits per heavy atom. The van der Waals surface area contributed by atoms with E-state index >= 15 is 0 Å². The number of halogens is 3. The highest BCUT2D eigenvalue weighted by molar-refractivity contribution is 5.80. The van der Waals surface area contributed by atoms with Gasteiger partial charge in [0.25, 0.3) is 5.56 Å². The van der Waals surface area contributed by atoms with Crippen molar-refractivity contribution < 1.29 is 13.2 Å². The third kappa shape index (κ3) is 4.67. The maximum absolute atomic E-state index is 12.6. The van der Waals surface area contributed by atoms with Crippen molar-refractivity contribution in [3.8, 4) is 0 Å². The van der Waals surface area contributed by atoms with Gasteiger partial charge in [-0.15, -0.1) is 0 Å². The zero-order valence-electron chi connectivity index (χ0n) is 12.5. The van der Waals surface area contributed by atoms with Gasteiger partial charge in [0.15, 0.2) is 0 Å². The van der Waals surface area contributed by atoms with Crippen molar-refractivity contribution >= 4 is 12.2 Å². The smallest absolute Gasteiger partial charge is 0.291 e. The van der Waals surface area contributed by atoms with Gasteiger partial charge in [0.2, 0.25) is 5.95 Å². The van der Waals surface area contributed by atoms with Crippen LogP contribution in [0.1, 0.15) is 36.6 Å². The molecule has 0 radical (unpaired) electrons. The summed E-state index contributed by atoms with van der Waals surface area (Å²) in [4.78, 5) is 18.1. The first-order valence-electron chi connectivity index (χ1n) is 6.83. The minimum Gasteiger partial charge on any atom is -0.291 e. The number of nitrogens with zero attached hydrogens (tertiary/aromatic N) is 2. The summed E-state index contributed by atoms with van der Waals surface area (Å²) < 4.78 is 37.8. The molecule has 8 heteroatoms. The Kier molecular flexibility index (Phi) is 4.83. The van der Waals surface area contributed by atoms with E-state index in [0.717, 1.165) is 12.1 Å². The van der Waals surface area contributed by atoms with Crippen molar-refractivity contribution in [2.45, 2.75) is 25.9 Å². The number of aromatic amines is 1. The summed E-state index contributed by atoms with van der Waals surface area (Å²) >= 11 is 0. The molecule has 0 aliphatic rings. The number of hydrogen-bond acceptors (Lipinski definition) is 4.